The Morgan fingerprint density at radius 3 is 1.59 bits per heavy atom. The summed E-state index contributed by atoms with van der Waals surface area (Å²) in [5.74, 6) is -0.338. The van der Waals surface area contributed by atoms with Gasteiger partial charge in [0.05, 0.1) is 28.7 Å². The maximum Gasteiger partial charge on any atom is 0.305 e. The van der Waals surface area contributed by atoms with E-state index < -0.39 is 6.10 Å². The number of esters is 1. The Hall–Kier alpha value is -4.30. The topological polar surface area (TPSA) is 108 Å². The van der Waals surface area contributed by atoms with Gasteiger partial charge in [-0.1, -0.05) is 36.1 Å². The maximum absolute atomic E-state index is 14.1. The smallest absolute Gasteiger partial charge is 0.305 e. The number of aliphatic hydroxyl groups excluding tert-OH is 1. The molecule has 1 unspecified atom stereocenters. The number of hydrogen-bond acceptors (Lipinski definition) is 6. The van der Waals surface area contributed by atoms with Gasteiger partial charge in [0.2, 0.25) is 0 Å². The highest BCUT2D eigenvalue weighted by Crippen LogP contribution is 2.28. The van der Waals surface area contributed by atoms with Crippen molar-refractivity contribution in [2.24, 2.45) is 0 Å². The number of nitrogens with zero attached hydrogens (tertiary/aromatic N) is 2. The van der Waals surface area contributed by atoms with E-state index in [4.69, 9.17) is 4.74 Å². The standard InChI is InChI=1S/C38H44N2O6/c1-5-46-36(43)13-9-7-11-19-40-32-17-15-25(3)21-28(32)38(45)30-22-33-29(23-34(30)40)37(44)27-20-24(2)14-16-31(27)39(33)18-10-6-8-12-35(42)26(4)41/h14-17,20-23,26,41H,5-13,18-19H2,1-4H3. The van der Waals surface area contributed by atoms with Crippen molar-refractivity contribution >= 4 is 55.4 Å². The molecule has 0 saturated heterocycles. The van der Waals surface area contributed by atoms with E-state index in [0.717, 1.165) is 65.3 Å². The Kier molecular flexibility index (Phi) is 10.4. The zero-order chi connectivity index (χ0) is 33.0. The quantitative estimate of drug-likeness (QED) is 0.0821. The molecule has 0 aliphatic heterocycles. The second kappa shape index (κ2) is 14.4. The van der Waals surface area contributed by atoms with E-state index in [9.17, 15) is 24.3 Å². The lowest BCUT2D eigenvalue weighted by molar-refractivity contribution is -0.143. The van der Waals surface area contributed by atoms with E-state index in [1.807, 2.05) is 62.4 Å². The summed E-state index contributed by atoms with van der Waals surface area (Å²) in [6.07, 6.45) is 4.37. The molecular formula is C38H44N2O6. The summed E-state index contributed by atoms with van der Waals surface area (Å²) >= 11 is 0. The molecule has 2 heterocycles. The van der Waals surface area contributed by atoms with Gasteiger partial charge in [-0.3, -0.25) is 19.2 Å². The van der Waals surface area contributed by atoms with Crippen LogP contribution in [0.3, 0.4) is 0 Å². The molecule has 0 saturated carbocycles. The summed E-state index contributed by atoms with van der Waals surface area (Å²) in [6.45, 7) is 8.88. The number of ketones is 1. The predicted octanol–water partition coefficient (Wildman–Crippen LogP) is 6.87. The van der Waals surface area contributed by atoms with E-state index >= 15 is 0 Å². The van der Waals surface area contributed by atoms with E-state index in [2.05, 4.69) is 9.13 Å². The third-order valence-electron chi connectivity index (χ3n) is 8.90. The molecule has 0 bridgehead atoms. The number of fused-ring (bicyclic) bond motifs is 4. The van der Waals surface area contributed by atoms with E-state index in [0.29, 0.717) is 60.5 Å². The molecule has 5 rings (SSSR count). The van der Waals surface area contributed by atoms with Crippen LogP contribution in [0.5, 0.6) is 0 Å². The van der Waals surface area contributed by atoms with Crippen LogP contribution in [0.25, 0.3) is 43.6 Å². The lowest BCUT2D eigenvalue weighted by atomic mass is 10.0. The predicted molar refractivity (Wildman–Crippen MR) is 185 cm³/mol. The normalized spacial score (nSPS) is 12.4. The van der Waals surface area contributed by atoms with Crippen molar-refractivity contribution < 1.29 is 19.4 Å². The second-order valence-electron chi connectivity index (χ2n) is 12.5. The summed E-state index contributed by atoms with van der Waals surface area (Å²) < 4.78 is 9.36. The number of rotatable bonds is 14. The lowest BCUT2D eigenvalue weighted by Crippen LogP contribution is -2.16. The molecule has 3 aromatic carbocycles. The van der Waals surface area contributed by atoms with Crippen molar-refractivity contribution in [1.29, 1.82) is 0 Å². The first-order chi connectivity index (χ1) is 22.1. The minimum Gasteiger partial charge on any atom is -0.466 e. The average molecular weight is 625 g/mol. The second-order valence-corrected chi connectivity index (χ2v) is 12.5. The molecular weight excluding hydrogens is 580 g/mol. The molecule has 8 heteroatoms. The van der Waals surface area contributed by atoms with Gasteiger partial charge in [-0.25, -0.2) is 0 Å². The zero-order valence-corrected chi connectivity index (χ0v) is 27.4. The Bertz CT molecular complexity index is 2050. The molecule has 0 amide bonds. The van der Waals surface area contributed by atoms with Crippen molar-refractivity contribution in [1.82, 2.24) is 9.13 Å². The number of carbonyl (C=O) groups is 2. The first-order valence-electron chi connectivity index (χ1n) is 16.5. The van der Waals surface area contributed by atoms with Crippen LogP contribution in [0.1, 0.15) is 76.3 Å². The number of aromatic nitrogens is 2. The van der Waals surface area contributed by atoms with Crippen LogP contribution in [0.15, 0.2) is 58.1 Å². The number of carbonyl (C=O) groups excluding carboxylic acids is 2. The van der Waals surface area contributed by atoms with Crippen molar-refractivity contribution in [3.63, 3.8) is 0 Å². The number of pyridine rings is 2. The first-order valence-corrected chi connectivity index (χ1v) is 16.5. The third kappa shape index (κ3) is 6.92. The number of ether oxygens (including phenoxy) is 1. The Labute approximate surface area is 268 Å². The zero-order valence-electron chi connectivity index (χ0n) is 27.4. The summed E-state index contributed by atoms with van der Waals surface area (Å²) in [7, 11) is 0. The fraction of sp³-hybridized carbons (Fsp3) is 0.421. The highest BCUT2D eigenvalue weighted by molar-refractivity contribution is 6.04. The number of unbranched alkanes of at least 4 members (excludes halogenated alkanes) is 4. The van der Waals surface area contributed by atoms with Crippen molar-refractivity contribution in [2.75, 3.05) is 6.61 Å². The van der Waals surface area contributed by atoms with Crippen LogP contribution in [-0.2, 0) is 27.4 Å². The summed E-state index contributed by atoms with van der Waals surface area (Å²) in [5.41, 5.74) is 4.97. The van der Waals surface area contributed by atoms with E-state index in [1.165, 1.54) is 6.92 Å². The van der Waals surface area contributed by atoms with Gasteiger partial charge in [-0.15, -0.1) is 0 Å². The van der Waals surface area contributed by atoms with Crippen molar-refractivity contribution in [2.45, 2.75) is 98.3 Å². The van der Waals surface area contributed by atoms with Gasteiger partial charge in [0.1, 0.15) is 6.10 Å². The molecule has 1 atom stereocenters. The number of Topliss-reactive ketones (excluding diaryl/α,β-unsaturated/α-hetero) is 1. The van der Waals surface area contributed by atoms with Crippen LogP contribution < -0.4 is 10.9 Å². The molecule has 0 aliphatic rings. The fourth-order valence-corrected chi connectivity index (χ4v) is 6.46. The lowest BCUT2D eigenvalue weighted by Gasteiger charge is -2.19. The Balaban J connectivity index is 1.62. The number of hydrogen-bond donors (Lipinski definition) is 1. The third-order valence-corrected chi connectivity index (χ3v) is 8.90. The van der Waals surface area contributed by atoms with Gasteiger partial charge in [-0.05, 0) is 89.8 Å². The largest absolute Gasteiger partial charge is 0.466 e. The molecule has 5 aromatic rings. The summed E-state index contributed by atoms with van der Waals surface area (Å²) in [4.78, 5) is 51.9. The fourth-order valence-electron chi connectivity index (χ4n) is 6.46. The SMILES string of the molecule is CCOC(=O)CCCCCn1c2ccc(C)cc2c(=O)c2cc3c(cc21)c(=O)c1cc(C)ccc1n3CCCCCC(=O)C(C)O. The minimum atomic E-state index is -0.947. The van der Waals surface area contributed by atoms with E-state index in [-0.39, 0.29) is 22.6 Å². The van der Waals surface area contributed by atoms with Crippen LogP contribution >= 0.6 is 0 Å². The molecule has 1 N–H and O–H groups in total. The van der Waals surface area contributed by atoms with Gasteiger partial charge in [0, 0.05) is 47.5 Å². The molecule has 8 nitrogen and oxygen atoms in total. The number of aliphatic hydroxyl groups is 1. The van der Waals surface area contributed by atoms with Crippen LogP contribution in [-0.4, -0.2) is 38.7 Å². The number of aryl methyl sites for hydroxylation is 4. The maximum atomic E-state index is 14.1. The van der Waals surface area contributed by atoms with Crippen LogP contribution in [0.2, 0.25) is 0 Å². The summed E-state index contributed by atoms with van der Waals surface area (Å²) in [6, 6.07) is 15.6. The molecule has 0 fully saturated rings. The Morgan fingerprint density at radius 2 is 1.13 bits per heavy atom. The van der Waals surface area contributed by atoms with Gasteiger partial charge < -0.3 is 19.0 Å². The monoisotopic (exact) mass is 624 g/mol. The van der Waals surface area contributed by atoms with Gasteiger partial charge in [0.15, 0.2) is 16.6 Å². The highest BCUT2D eigenvalue weighted by Gasteiger charge is 2.18. The van der Waals surface area contributed by atoms with Crippen molar-refractivity contribution in [3.05, 3.63) is 80.1 Å². The van der Waals surface area contributed by atoms with Crippen LogP contribution in [0.4, 0.5) is 0 Å². The molecule has 2 aromatic heterocycles. The first kappa shape index (κ1) is 33.1. The van der Waals surface area contributed by atoms with E-state index in [1.54, 1.807) is 6.92 Å². The van der Waals surface area contributed by atoms with Gasteiger partial charge >= 0.3 is 5.97 Å². The van der Waals surface area contributed by atoms with Gasteiger partial charge in [-0.2, -0.15) is 0 Å². The minimum absolute atomic E-state index is 0.0613. The van der Waals surface area contributed by atoms with Crippen molar-refractivity contribution in [3.8, 4) is 0 Å². The molecule has 0 radical (unpaired) electrons. The molecule has 0 aliphatic carbocycles. The van der Waals surface area contributed by atoms with Gasteiger partial charge in [0.25, 0.3) is 0 Å². The summed E-state index contributed by atoms with van der Waals surface area (Å²) in [5, 5.41) is 12.0. The average Bonchev–Trinajstić information content (AvgIpc) is 3.03. The molecule has 0 spiro atoms. The number of benzene rings is 3. The van der Waals surface area contributed by atoms with Crippen LogP contribution in [0, 0.1) is 13.8 Å². The molecule has 46 heavy (non-hydrogen) atoms. The Morgan fingerprint density at radius 1 is 0.674 bits per heavy atom. The highest BCUT2D eigenvalue weighted by atomic mass is 16.5. The molecule has 242 valence electrons.